The molecular weight excluding hydrogens is 232 g/mol. The molecule has 0 saturated heterocycles. The minimum atomic E-state index is -0.145. The van der Waals surface area contributed by atoms with Crippen LogP contribution in [0, 0.1) is 0 Å². The molecule has 0 unspecified atom stereocenters. The van der Waals surface area contributed by atoms with E-state index in [9.17, 15) is 9.90 Å². The van der Waals surface area contributed by atoms with Crippen molar-refractivity contribution in [3.63, 3.8) is 0 Å². The van der Waals surface area contributed by atoms with Crippen LogP contribution in [0.1, 0.15) is 36.2 Å². The lowest BCUT2D eigenvalue weighted by Gasteiger charge is -2.12. The maximum absolute atomic E-state index is 11.3. The lowest BCUT2D eigenvalue weighted by molar-refractivity contribution is 0.101. The molecule has 4 heteroatoms. The van der Waals surface area contributed by atoms with Crippen molar-refractivity contribution in [3.05, 3.63) is 23.3 Å². The van der Waals surface area contributed by atoms with E-state index in [1.165, 1.54) is 13.0 Å². The smallest absolute Gasteiger partial charge is 0.163 e. The van der Waals surface area contributed by atoms with Crippen LogP contribution in [0.4, 0.5) is 0 Å². The van der Waals surface area contributed by atoms with Gasteiger partial charge in [-0.15, -0.1) is 0 Å². The zero-order chi connectivity index (χ0) is 13.5. The van der Waals surface area contributed by atoms with E-state index in [-0.39, 0.29) is 11.5 Å². The van der Waals surface area contributed by atoms with Gasteiger partial charge in [0, 0.05) is 26.2 Å². The van der Waals surface area contributed by atoms with Gasteiger partial charge in [0.05, 0.1) is 12.2 Å². The van der Waals surface area contributed by atoms with Crippen LogP contribution in [0.3, 0.4) is 0 Å². The molecule has 0 radical (unpaired) electrons. The minimum absolute atomic E-state index is 0.0264. The SMILES string of the molecule is CCc1cc(C(C)=O)c(O)cc1OCCCOC. The van der Waals surface area contributed by atoms with Gasteiger partial charge in [0.2, 0.25) is 0 Å². The Kier molecular flexibility index (Phi) is 5.65. The van der Waals surface area contributed by atoms with Crippen molar-refractivity contribution in [2.24, 2.45) is 0 Å². The monoisotopic (exact) mass is 252 g/mol. The summed E-state index contributed by atoms with van der Waals surface area (Å²) < 4.78 is 10.5. The first-order chi connectivity index (χ1) is 8.60. The fourth-order valence-electron chi connectivity index (χ4n) is 1.69. The first-order valence-corrected chi connectivity index (χ1v) is 6.08. The van der Waals surface area contributed by atoms with E-state index in [4.69, 9.17) is 9.47 Å². The van der Waals surface area contributed by atoms with Crippen LogP contribution in [0.25, 0.3) is 0 Å². The standard InChI is InChI=1S/C14H20O4/c1-4-11-8-12(10(2)15)13(16)9-14(11)18-7-5-6-17-3/h8-9,16H,4-7H2,1-3H3. The number of ketones is 1. The van der Waals surface area contributed by atoms with Gasteiger partial charge in [0.1, 0.15) is 11.5 Å². The van der Waals surface area contributed by atoms with E-state index in [0.717, 1.165) is 18.4 Å². The minimum Gasteiger partial charge on any atom is -0.507 e. The Morgan fingerprint density at radius 3 is 2.61 bits per heavy atom. The molecule has 4 nitrogen and oxygen atoms in total. The Morgan fingerprint density at radius 2 is 2.06 bits per heavy atom. The highest BCUT2D eigenvalue weighted by atomic mass is 16.5. The van der Waals surface area contributed by atoms with Crippen LogP contribution < -0.4 is 4.74 Å². The molecule has 1 N–H and O–H groups in total. The van der Waals surface area contributed by atoms with Gasteiger partial charge in [-0.3, -0.25) is 4.79 Å². The Balaban J connectivity index is 2.84. The van der Waals surface area contributed by atoms with Crippen LogP contribution >= 0.6 is 0 Å². The van der Waals surface area contributed by atoms with Gasteiger partial charge in [0.15, 0.2) is 5.78 Å². The first kappa shape index (κ1) is 14.5. The van der Waals surface area contributed by atoms with Gasteiger partial charge >= 0.3 is 0 Å². The number of benzene rings is 1. The molecule has 0 aliphatic rings. The van der Waals surface area contributed by atoms with E-state index < -0.39 is 0 Å². The molecule has 0 saturated carbocycles. The maximum Gasteiger partial charge on any atom is 0.163 e. The summed E-state index contributed by atoms with van der Waals surface area (Å²) in [5.74, 6) is 0.464. The Morgan fingerprint density at radius 1 is 1.33 bits per heavy atom. The Labute approximate surface area is 108 Å². The number of rotatable bonds is 7. The fourth-order valence-corrected chi connectivity index (χ4v) is 1.69. The van der Waals surface area contributed by atoms with Crippen molar-refractivity contribution >= 4 is 5.78 Å². The number of carbonyl (C=O) groups is 1. The highest BCUT2D eigenvalue weighted by molar-refractivity contribution is 5.97. The summed E-state index contributed by atoms with van der Waals surface area (Å²) >= 11 is 0. The van der Waals surface area contributed by atoms with E-state index in [1.54, 1.807) is 13.2 Å². The molecule has 0 heterocycles. The quantitative estimate of drug-likeness (QED) is 0.598. The molecule has 0 aromatic heterocycles. The molecule has 100 valence electrons. The van der Waals surface area contributed by atoms with E-state index in [1.807, 2.05) is 6.92 Å². The predicted molar refractivity (Wildman–Crippen MR) is 69.5 cm³/mol. The van der Waals surface area contributed by atoms with Crippen LogP contribution in [0.5, 0.6) is 11.5 Å². The Hall–Kier alpha value is -1.55. The summed E-state index contributed by atoms with van der Waals surface area (Å²) in [4.78, 5) is 11.3. The normalized spacial score (nSPS) is 10.4. The summed E-state index contributed by atoms with van der Waals surface area (Å²) in [5, 5.41) is 9.76. The molecule has 0 atom stereocenters. The number of Topliss-reactive ketones (excluding diaryl/α,β-unsaturated/α-hetero) is 1. The highest BCUT2D eigenvalue weighted by Gasteiger charge is 2.12. The molecule has 0 aliphatic carbocycles. The predicted octanol–water partition coefficient (Wildman–Crippen LogP) is 2.57. The summed E-state index contributed by atoms with van der Waals surface area (Å²) in [6.07, 6.45) is 1.54. The molecule has 0 bridgehead atoms. The zero-order valence-corrected chi connectivity index (χ0v) is 11.2. The molecule has 0 amide bonds. The van der Waals surface area contributed by atoms with Crippen LogP contribution in [-0.4, -0.2) is 31.2 Å². The lowest BCUT2D eigenvalue weighted by atomic mass is 10.0. The van der Waals surface area contributed by atoms with Gasteiger partial charge in [-0.1, -0.05) is 6.92 Å². The van der Waals surface area contributed by atoms with Crippen LogP contribution in [0.2, 0.25) is 0 Å². The lowest BCUT2D eigenvalue weighted by Crippen LogP contribution is -2.04. The highest BCUT2D eigenvalue weighted by Crippen LogP contribution is 2.29. The van der Waals surface area contributed by atoms with E-state index in [2.05, 4.69) is 0 Å². The number of methoxy groups -OCH3 is 1. The van der Waals surface area contributed by atoms with E-state index >= 15 is 0 Å². The molecule has 0 aliphatic heterocycles. The van der Waals surface area contributed by atoms with Gasteiger partial charge in [-0.2, -0.15) is 0 Å². The van der Waals surface area contributed by atoms with Crippen molar-refractivity contribution in [2.45, 2.75) is 26.7 Å². The van der Waals surface area contributed by atoms with Crippen molar-refractivity contribution in [3.8, 4) is 11.5 Å². The summed E-state index contributed by atoms with van der Waals surface area (Å²) in [7, 11) is 1.64. The van der Waals surface area contributed by atoms with Crippen LogP contribution in [0.15, 0.2) is 12.1 Å². The summed E-state index contributed by atoms with van der Waals surface area (Å²) in [5.41, 5.74) is 1.27. The molecule has 1 aromatic carbocycles. The van der Waals surface area contributed by atoms with Crippen LogP contribution in [-0.2, 0) is 11.2 Å². The number of carbonyl (C=O) groups excluding carboxylic acids is 1. The van der Waals surface area contributed by atoms with Crippen molar-refractivity contribution < 1.29 is 19.4 Å². The number of aryl methyl sites for hydroxylation is 1. The summed E-state index contributed by atoms with van der Waals surface area (Å²) in [6.45, 7) is 4.59. The Bertz CT molecular complexity index is 413. The number of phenols is 1. The van der Waals surface area contributed by atoms with Crippen molar-refractivity contribution in [2.75, 3.05) is 20.3 Å². The third-order valence-corrected chi connectivity index (χ3v) is 2.69. The number of hydrogen-bond donors (Lipinski definition) is 1. The van der Waals surface area contributed by atoms with Gasteiger partial charge in [0.25, 0.3) is 0 Å². The third-order valence-electron chi connectivity index (χ3n) is 2.69. The second-order valence-corrected chi connectivity index (χ2v) is 4.08. The average molecular weight is 252 g/mol. The van der Waals surface area contributed by atoms with Crippen molar-refractivity contribution in [1.29, 1.82) is 0 Å². The number of phenolic OH excluding ortho intramolecular Hbond substituents is 1. The topological polar surface area (TPSA) is 55.8 Å². The number of ether oxygens (including phenoxy) is 2. The number of aromatic hydroxyl groups is 1. The summed E-state index contributed by atoms with van der Waals surface area (Å²) in [6, 6.07) is 3.21. The van der Waals surface area contributed by atoms with Gasteiger partial charge < -0.3 is 14.6 Å². The molecule has 1 aromatic rings. The largest absolute Gasteiger partial charge is 0.507 e. The first-order valence-electron chi connectivity index (χ1n) is 6.08. The fraction of sp³-hybridized carbons (Fsp3) is 0.500. The second kappa shape index (κ2) is 7.01. The molecule has 0 fully saturated rings. The van der Waals surface area contributed by atoms with E-state index in [0.29, 0.717) is 24.5 Å². The molecular formula is C14H20O4. The van der Waals surface area contributed by atoms with Gasteiger partial charge in [-0.25, -0.2) is 0 Å². The average Bonchev–Trinajstić information content (AvgIpc) is 2.34. The zero-order valence-electron chi connectivity index (χ0n) is 11.2. The molecule has 1 rings (SSSR count). The van der Waals surface area contributed by atoms with Gasteiger partial charge in [-0.05, 0) is 25.0 Å². The van der Waals surface area contributed by atoms with Crippen molar-refractivity contribution in [1.82, 2.24) is 0 Å². The number of hydrogen-bond acceptors (Lipinski definition) is 4. The molecule has 18 heavy (non-hydrogen) atoms. The maximum atomic E-state index is 11.3. The third kappa shape index (κ3) is 3.74. The molecule has 0 spiro atoms. The second-order valence-electron chi connectivity index (χ2n) is 4.08.